The fraction of sp³-hybridized carbons (Fsp3) is 1.00. The molecule has 1 heteroatoms. The molecule has 0 bridgehead atoms. The molecule has 0 aliphatic rings. The van der Waals surface area contributed by atoms with Gasteiger partial charge in [-0.1, -0.05) is 90.9 Å². The van der Waals surface area contributed by atoms with E-state index in [-0.39, 0.29) is 6.10 Å². The molecule has 0 saturated carbocycles. The third kappa shape index (κ3) is 14.0. The average Bonchev–Trinajstić information content (AvgIpc) is 2.38. The van der Waals surface area contributed by atoms with Crippen LogP contribution in [0, 0.1) is 0 Å². The minimum Gasteiger partial charge on any atom is -0.393 e. The summed E-state index contributed by atoms with van der Waals surface area (Å²) in [5.74, 6) is 0. The largest absolute Gasteiger partial charge is 0.393 e. The Labute approximate surface area is 115 Å². The van der Waals surface area contributed by atoms with Crippen molar-refractivity contribution in [3.05, 3.63) is 0 Å². The van der Waals surface area contributed by atoms with Crippen molar-refractivity contribution < 1.29 is 5.11 Å². The van der Waals surface area contributed by atoms with Crippen LogP contribution in [0.3, 0.4) is 0 Å². The molecule has 1 unspecified atom stereocenters. The molecule has 0 aromatic heterocycles. The van der Waals surface area contributed by atoms with Gasteiger partial charge in [-0.25, -0.2) is 0 Å². The van der Waals surface area contributed by atoms with Gasteiger partial charge >= 0.3 is 0 Å². The van der Waals surface area contributed by atoms with Crippen molar-refractivity contribution in [2.75, 3.05) is 0 Å². The Hall–Kier alpha value is -0.0400. The molecule has 110 valence electrons. The molecule has 1 N–H and O–H groups in total. The molecule has 0 spiro atoms. The van der Waals surface area contributed by atoms with Crippen molar-refractivity contribution in [3.63, 3.8) is 0 Å². The van der Waals surface area contributed by atoms with E-state index in [0.717, 1.165) is 12.8 Å². The van der Waals surface area contributed by atoms with Gasteiger partial charge in [0, 0.05) is 0 Å². The summed E-state index contributed by atoms with van der Waals surface area (Å²) < 4.78 is 0. The summed E-state index contributed by atoms with van der Waals surface area (Å²) in [6.07, 6.45) is 18.0. The van der Waals surface area contributed by atoms with Gasteiger partial charge in [0.25, 0.3) is 0 Å². The van der Waals surface area contributed by atoms with Crippen LogP contribution in [0.1, 0.15) is 104 Å². The van der Waals surface area contributed by atoms with Crippen molar-refractivity contribution in [2.24, 2.45) is 0 Å². The lowest BCUT2D eigenvalue weighted by Crippen LogP contribution is -2.05. The van der Waals surface area contributed by atoms with Gasteiger partial charge in [-0.05, 0) is 12.8 Å². The van der Waals surface area contributed by atoms with Crippen LogP contribution in [0.4, 0.5) is 0 Å². The molecule has 18 heavy (non-hydrogen) atoms. The van der Waals surface area contributed by atoms with E-state index in [4.69, 9.17) is 0 Å². The van der Waals surface area contributed by atoms with Crippen molar-refractivity contribution in [1.82, 2.24) is 0 Å². The lowest BCUT2D eigenvalue weighted by atomic mass is 10.0. The molecule has 1 atom stereocenters. The molecule has 0 saturated heterocycles. The van der Waals surface area contributed by atoms with Crippen LogP contribution in [0.25, 0.3) is 0 Å². The minimum atomic E-state index is -0.0260. The van der Waals surface area contributed by atoms with Crippen molar-refractivity contribution in [3.8, 4) is 0 Å². The third-order valence-corrected chi connectivity index (χ3v) is 3.78. The van der Waals surface area contributed by atoms with Gasteiger partial charge in [0.1, 0.15) is 0 Å². The van der Waals surface area contributed by atoms with E-state index in [1.54, 1.807) is 0 Å². The van der Waals surface area contributed by atoms with Gasteiger partial charge < -0.3 is 5.11 Å². The topological polar surface area (TPSA) is 20.2 Å². The highest BCUT2D eigenvalue weighted by atomic mass is 16.3. The maximum atomic E-state index is 9.82. The number of rotatable bonds is 14. The lowest BCUT2D eigenvalue weighted by Gasteiger charge is -2.10. The van der Waals surface area contributed by atoms with E-state index in [9.17, 15) is 5.11 Å². The summed E-state index contributed by atoms with van der Waals surface area (Å²) in [6.45, 7) is 4.50. The van der Waals surface area contributed by atoms with Crippen LogP contribution < -0.4 is 0 Å². The van der Waals surface area contributed by atoms with Gasteiger partial charge in [-0.15, -0.1) is 0 Å². The van der Waals surface area contributed by atoms with Gasteiger partial charge in [0.05, 0.1) is 6.10 Å². The highest BCUT2D eigenvalue weighted by Gasteiger charge is 2.03. The van der Waals surface area contributed by atoms with Crippen LogP contribution in [0.5, 0.6) is 0 Å². The molecule has 0 aromatic rings. The van der Waals surface area contributed by atoms with Gasteiger partial charge in [0.2, 0.25) is 0 Å². The molecular weight excluding hydrogens is 220 g/mol. The second kappa shape index (κ2) is 15.0. The maximum Gasteiger partial charge on any atom is 0.0540 e. The Bertz CT molecular complexity index is 145. The molecule has 0 heterocycles. The SMILES string of the molecule is CCCCCCCCCCC(O)CCCCCC. The first-order valence-electron chi connectivity index (χ1n) is 8.49. The van der Waals surface area contributed by atoms with E-state index in [1.807, 2.05) is 0 Å². The van der Waals surface area contributed by atoms with Gasteiger partial charge in [-0.3, -0.25) is 0 Å². The Balaban J connectivity index is 3.08. The highest BCUT2D eigenvalue weighted by Crippen LogP contribution is 2.13. The summed E-state index contributed by atoms with van der Waals surface area (Å²) >= 11 is 0. The Morgan fingerprint density at radius 3 is 1.33 bits per heavy atom. The predicted molar refractivity (Wildman–Crippen MR) is 82.0 cm³/mol. The molecule has 0 rings (SSSR count). The highest BCUT2D eigenvalue weighted by molar-refractivity contribution is 4.57. The minimum absolute atomic E-state index is 0.0260. The lowest BCUT2D eigenvalue weighted by molar-refractivity contribution is 0.147. The second-order valence-electron chi connectivity index (χ2n) is 5.77. The number of hydrogen-bond acceptors (Lipinski definition) is 1. The van der Waals surface area contributed by atoms with Gasteiger partial charge in [0.15, 0.2) is 0 Å². The number of unbranched alkanes of at least 4 members (excludes halogenated alkanes) is 10. The molecule has 1 nitrogen and oxygen atoms in total. The van der Waals surface area contributed by atoms with Crippen LogP contribution >= 0.6 is 0 Å². The first-order chi connectivity index (χ1) is 8.81. The Morgan fingerprint density at radius 1 is 0.556 bits per heavy atom. The molecule has 0 fully saturated rings. The first-order valence-corrected chi connectivity index (χ1v) is 8.49. The zero-order chi connectivity index (χ0) is 13.5. The maximum absolute atomic E-state index is 9.82. The Morgan fingerprint density at radius 2 is 0.889 bits per heavy atom. The quantitative estimate of drug-likeness (QED) is 0.387. The smallest absolute Gasteiger partial charge is 0.0540 e. The number of hydrogen-bond donors (Lipinski definition) is 1. The summed E-state index contributed by atoms with van der Waals surface area (Å²) in [5.41, 5.74) is 0. The fourth-order valence-electron chi connectivity index (χ4n) is 2.46. The Kier molecular flexibility index (Phi) is 15.0. The zero-order valence-electron chi connectivity index (χ0n) is 12.9. The number of aliphatic hydroxyl groups is 1. The van der Waals surface area contributed by atoms with E-state index in [0.29, 0.717) is 0 Å². The first kappa shape index (κ1) is 18.0. The van der Waals surface area contributed by atoms with Crippen LogP contribution in [0.15, 0.2) is 0 Å². The van der Waals surface area contributed by atoms with Crippen molar-refractivity contribution >= 4 is 0 Å². The monoisotopic (exact) mass is 256 g/mol. The van der Waals surface area contributed by atoms with Crippen molar-refractivity contribution in [1.29, 1.82) is 0 Å². The van der Waals surface area contributed by atoms with Crippen LogP contribution in [-0.4, -0.2) is 11.2 Å². The second-order valence-corrected chi connectivity index (χ2v) is 5.77. The molecule has 0 aliphatic heterocycles. The summed E-state index contributed by atoms with van der Waals surface area (Å²) in [6, 6.07) is 0. The summed E-state index contributed by atoms with van der Waals surface area (Å²) in [7, 11) is 0. The van der Waals surface area contributed by atoms with E-state index in [2.05, 4.69) is 13.8 Å². The third-order valence-electron chi connectivity index (χ3n) is 3.78. The van der Waals surface area contributed by atoms with Gasteiger partial charge in [-0.2, -0.15) is 0 Å². The molecule has 0 aliphatic carbocycles. The van der Waals surface area contributed by atoms with Crippen LogP contribution in [-0.2, 0) is 0 Å². The standard InChI is InChI=1S/C17H36O/c1-3-5-7-9-10-11-12-14-16-17(18)15-13-8-6-4-2/h17-18H,3-16H2,1-2H3. The predicted octanol–water partition coefficient (Wildman–Crippen LogP) is 5.85. The van der Waals surface area contributed by atoms with Crippen LogP contribution in [0.2, 0.25) is 0 Å². The summed E-state index contributed by atoms with van der Waals surface area (Å²) in [5, 5.41) is 9.82. The average molecular weight is 256 g/mol. The molecular formula is C17H36O. The molecule has 0 aromatic carbocycles. The fourth-order valence-corrected chi connectivity index (χ4v) is 2.46. The van der Waals surface area contributed by atoms with E-state index >= 15 is 0 Å². The number of aliphatic hydroxyl groups excluding tert-OH is 1. The van der Waals surface area contributed by atoms with Crippen molar-refractivity contribution in [2.45, 2.75) is 110 Å². The van der Waals surface area contributed by atoms with E-state index < -0.39 is 0 Å². The molecule has 0 amide bonds. The summed E-state index contributed by atoms with van der Waals surface area (Å²) in [4.78, 5) is 0. The molecule has 0 radical (unpaired) electrons. The zero-order valence-corrected chi connectivity index (χ0v) is 12.9. The normalized spacial score (nSPS) is 12.8. The van der Waals surface area contributed by atoms with E-state index in [1.165, 1.54) is 77.0 Å².